The number of hydrogen-bond acceptors (Lipinski definition) is 5. The summed E-state index contributed by atoms with van der Waals surface area (Å²) in [6.45, 7) is 1.81. The fourth-order valence-electron chi connectivity index (χ4n) is 1.96. The predicted molar refractivity (Wildman–Crippen MR) is 93.2 cm³/mol. The normalized spacial score (nSPS) is 10.8. The van der Waals surface area contributed by atoms with Crippen LogP contribution in [0.4, 0.5) is 11.4 Å². The monoisotopic (exact) mass is 357 g/mol. The minimum Gasteiger partial charge on any atom is -0.502 e. The second-order valence-electron chi connectivity index (χ2n) is 5.09. The maximum Gasteiger partial charge on any atom is 0.311 e. The van der Waals surface area contributed by atoms with E-state index in [1.54, 1.807) is 24.3 Å². The molecule has 2 rings (SSSR count). The largest absolute Gasteiger partial charge is 0.502 e. The summed E-state index contributed by atoms with van der Waals surface area (Å²) in [7, 11) is 0. The van der Waals surface area contributed by atoms with Crippen molar-refractivity contribution in [2.75, 3.05) is 5.32 Å². The van der Waals surface area contributed by atoms with Crippen LogP contribution in [0.5, 0.6) is 5.75 Å². The Morgan fingerprint density at radius 3 is 2.68 bits per heavy atom. The number of nitriles is 1. The average Bonchev–Trinajstić information content (AvgIpc) is 2.57. The Kier molecular flexibility index (Phi) is 5.37. The molecule has 0 heterocycles. The van der Waals surface area contributed by atoms with Crippen LogP contribution in [0.25, 0.3) is 6.08 Å². The molecule has 0 aliphatic heterocycles. The van der Waals surface area contributed by atoms with Crippen LogP contribution in [-0.2, 0) is 4.79 Å². The predicted octanol–water partition coefficient (Wildman–Crippen LogP) is 3.81. The molecule has 0 aliphatic rings. The van der Waals surface area contributed by atoms with Crippen LogP contribution in [0, 0.1) is 28.4 Å². The molecule has 0 radical (unpaired) electrons. The van der Waals surface area contributed by atoms with Crippen LogP contribution in [-0.4, -0.2) is 15.9 Å². The number of nitrogens with one attached hydrogen (secondary N) is 1. The van der Waals surface area contributed by atoms with Crippen molar-refractivity contribution in [2.24, 2.45) is 0 Å². The number of halogens is 1. The topological polar surface area (TPSA) is 116 Å². The number of phenols is 1. The maximum absolute atomic E-state index is 12.2. The van der Waals surface area contributed by atoms with Crippen LogP contribution < -0.4 is 5.32 Å². The van der Waals surface area contributed by atoms with Crippen molar-refractivity contribution in [3.8, 4) is 11.8 Å². The molecule has 0 bridgehead atoms. The zero-order valence-electron chi connectivity index (χ0n) is 13.0. The molecule has 7 nitrogen and oxygen atoms in total. The van der Waals surface area contributed by atoms with E-state index in [-0.39, 0.29) is 11.1 Å². The van der Waals surface area contributed by atoms with Crippen LogP contribution in [0.15, 0.2) is 42.0 Å². The molecule has 2 N–H and O–H groups in total. The molecule has 0 unspecified atom stereocenters. The number of nitrogens with zero attached hydrogens (tertiary/aromatic N) is 2. The Morgan fingerprint density at radius 2 is 2.08 bits per heavy atom. The molecule has 8 heteroatoms. The standard InChI is InChI=1S/C17H12ClN3O4/c1-10-2-4-13(8-14(10)18)20-17(23)12(9-19)6-11-3-5-16(22)15(7-11)21(24)25/h2-8,22H,1H3,(H,20,23)/b12-6+. The van der Waals surface area contributed by atoms with Gasteiger partial charge < -0.3 is 10.4 Å². The van der Waals surface area contributed by atoms with Gasteiger partial charge in [-0.15, -0.1) is 0 Å². The van der Waals surface area contributed by atoms with Gasteiger partial charge in [0, 0.05) is 16.8 Å². The lowest BCUT2D eigenvalue weighted by Gasteiger charge is -2.06. The summed E-state index contributed by atoms with van der Waals surface area (Å²) in [4.78, 5) is 22.3. The first-order valence-corrected chi connectivity index (χ1v) is 7.36. The second-order valence-corrected chi connectivity index (χ2v) is 5.50. The van der Waals surface area contributed by atoms with Crippen molar-refractivity contribution in [1.29, 1.82) is 5.26 Å². The maximum atomic E-state index is 12.2. The number of aryl methyl sites for hydroxylation is 1. The van der Waals surface area contributed by atoms with E-state index in [9.17, 15) is 25.3 Å². The van der Waals surface area contributed by atoms with Gasteiger partial charge in [0.05, 0.1) is 4.92 Å². The number of phenolic OH excluding ortho intramolecular Hbond substituents is 1. The highest BCUT2D eigenvalue weighted by molar-refractivity contribution is 6.31. The number of hydrogen-bond donors (Lipinski definition) is 2. The van der Waals surface area contributed by atoms with Crippen LogP contribution in [0.1, 0.15) is 11.1 Å². The number of carbonyl (C=O) groups is 1. The lowest BCUT2D eigenvalue weighted by Crippen LogP contribution is -2.13. The number of rotatable bonds is 4. The number of nitro benzene ring substituents is 1. The molecule has 25 heavy (non-hydrogen) atoms. The van der Waals surface area contributed by atoms with Crippen LogP contribution in [0.3, 0.4) is 0 Å². The zero-order chi connectivity index (χ0) is 18.6. The molecule has 126 valence electrons. The fraction of sp³-hybridized carbons (Fsp3) is 0.0588. The van der Waals surface area contributed by atoms with Gasteiger partial charge in [0.15, 0.2) is 5.75 Å². The molecule has 0 spiro atoms. The van der Waals surface area contributed by atoms with Gasteiger partial charge in [-0.1, -0.05) is 23.7 Å². The van der Waals surface area contributed by atoms with E-state index in [0.29, 0.717) is 10.7 Å². The third-order valence-electron chi connectivity index (χ3n) is 3.30. The minimum absolute atomic E-state index is 0.234. The third kappa shape index (κ3) is 4.34. The Bertz CT molecular complexity index is 932. The van der Waals surface area contributed by atoms with Crippen molar-refractivity contribution >= 4 is 35.0 Å². The molecule has 0 saturated carbocycles. The van der Waals surface area contributed by atoms with Crippen molar-refractivity contribution < 1.29 is 14.8 Å². The Balaban J connectivity index is 2.29. The van der Waals surface area contributed by atoms with Gasteiger partial charge in [0.1, 0.15) is 11.6 Å². The van der Waals surface area contributed by atoms with Gasteiger partial charge in [0.25, 0.3) is 5.91 Å². The summed E-state index contributed by atoms with van der Waals surface area (Å²) in [5.74, 6) is -1.18. The van der Waals surface area contributed by atoms with Gasteiger partial charge in [-0.2, -0.15) is 5.26 Å². The molecule has 2 aromatic rings. The molecular weight excluding hydrogens is 346 g/mol. The number of aromatic hydroxyl groups is 1. The van der Waals surface area contributed by atoms with Crippen molar-refractivity contribution in [1.82, 2.24) is 0 Å². The molecule has 0 aliphatic carbocycles. The molecule has 0 fully saturated rings. The van der Waals surface area contributed by atoms with E-state index in [0.717, 1.165) is 17.7 Å². The third-order valence-corrected chi connectivity index (χ3v) is 3.71. The number of amides is 1. The van der Waals surface area contributed by atoms with Gasteiger partial charge in [-0.3, -0.25) is 14.9 Å². The van der Waals surface area contributed by atoms with E-state index >= 15 is 0 Å². The van der Waals surface area contributed by atoms with Crippen LogP contribution in [0.2, 0.25) is 5.02 Å². The summed E-state index contributed by atoms with van der Waals surface area (Å²) >= 11 is 5.98. The summed E-state index contributed by atoms with van der Waals surface area (Å²) in [6.07, 6.45) is 1.19. The van der Waals surface area contributed by atoms with E-state index in [2.05, 4.69) is 5.32 Å². The Labute approximate surface area is 147 Å². The summed E-state index contributed by atoms with van der Waals surface area (Å²) < 4.78 is 0. The molecule has 2 aromatic carbocycles. The molecule has 0 aromatic heterocycles. The van der Waals surface area contributed by atoms with Gasteiger partial charge in [0.2, 0.25) is 0 Å². The highest BCUT2D eigenvalue weighted by Gasteiger charge is 2.15. The van der Waals surface area contributed by atoms with E-state index < -0.39 is 22.3 Å². The molecule has 1 amide bonds. The second kappa shape index (κ2) is 7.47. The highest BCUT2D eigenvalue weighted by atomic mass is 35.5. The summed E-state index contributed by atoms with van der Waals surface area (Å²) in [5, 5.41) is 32.4. The smallest absolute Gasteiger partial charge is 0.311 e. The van der Waals surface area contributed by atoms with Crippen LogP contribution >= 0.6 is 11.6 Å². The van der Waals surface area contributed by atoms with E-state index in [1.165, 1.54) is 12.1 Å². The van der Waals surface area contributed by atoms with E-state index in [1.807, 2.05) is 6.92 Å². The Morgan fingerprint density at radius 1 is 1.36 bits per heavy atom. The average molecular weight is 358 g/mol. The molecular formula is C17H12ClN3O4. The van der Waals surface area contributed by atoms with Gasteiger partial charge in [-0.25, -0.2) is 0 Å². The SMILES string of the molecule is Cc1ccc(NC(=O)/C(C#N)=C/c2ccc(O)c([N+](=O)[O-])c2)cc1Cl. The fourth-order valence-corrected chi connectivity index (χ4v) is 2.14. The molecule has 0 saturated heterocycles. The highest BCUT2D eigenvalue weighted by Crippen LogP contribution is 2.27. The Hall–Kier alpha value is -3.37. The van der Waals surface area contributed by atoms with Gasteiger partial charge in [-0.05, 0) is 42.3 Å². The van der Waals surface area contributed by atoms with E-state index in [4.69, 9.17) is 11.6 Å². The summed E-state index contributed by atoms with van der Waals surface area (Å²) in [5.41, 5.74) is 0.720. The number of benzene rings is 2. The van der Waals surface area contributed by atoms with Crippen molar-refractivity contribution in [2.45, 2.75) is 6.92 Å². The first-order chi connectivity index (χ1) is 11.8. The number of nitro groups is 1. The quantitative estimate of drug-likeness (QED) is 0.373. The molecule has 0 atom stereocenters. The van der Waals surface area contributed by atoms with Crippen molar-refractivity contribution in [3.63, 3.8) is 0 Å². The van der Waals surface area contributed by atoms with Crippen molar-refractivity contribution in [3.05, 3.63) is 68.2 Å². The first-order valence-electron chi connectivity index (χ1n) is 6.98. The summed E-state index contributed by atoms with van der Waals surface area (Å²) in [6, 6.07) is 10.2. The zero-order valence-corrected chi connectivity index (χ0v) is 13.7. The number of carbonyl (C=O) groups excluding carboxylic acids is 1. The minimum atomic E-state index is -0.757. The first kappa shape index (κ1) is 18.0. The number of anilines is 1. The van der Waals surface area contributed by atoms with Gasteiger partial charge >= 0.3 is 5.69 Å². The lowest BCUT2D eigenvalue weighted by atomic mass is 10.1. The lowest BCUT2D eigenvalue weighted by molar-refractivity contribution is -0.385.